The minimum Gasteiger partial charge on any atom is -1.00 e. The Hall–Kier alpha value is 1.66. The zero-order valence-corrected chi connectivity index (χ0v) is 10.6. The maximum absolute atomic E-state index is 9.89. The molecular weight excluding hydrogens is 178 g/mol. The van der Waals surface area contributed by atoms with Crippen LogP contribution in [0, 0.1) is 0 Å². The molecular formula is C5H13KO3P+. The molecule has 0 aromatic heterocycles. The topological polar surface area (TPSA) is 46.5 Å². The monoisotopic (exact) mass is 191 g/mol. The van der Waals surface area contributed by atoms with Crippen LogP contribution in [0.5, 0.6) is 0 Å². The van der Waals surface area contributed by atoms with E-state index in [1.165, 1.54) is 0 Å². The van der Waals surface area contributed by atoms with Crippen LogP contribution in [0.15, 0.2) is 0 Å². The Morgan fingerprint density at radius 1 is 1.60 bits per heavy atom. The van der Waals surface area contributed by atoms with E-state index in [-0.39, 0.29) is 52.8 Å². The third kappa shape index (κ3) is 12.3. The summed E-state index contributed by atoms with van der Waals surface area (Å²) in [6, 6.07) is 0. The van der Waals surface area contributed by atoms with Crippen molar-refractivity contribution in [3.8, 4) is 0 Å². The van der Waals surface area contributed by atoms with E-state index in [1.54, 1.807) is 0 Å². The molecule has 0 saturated carbocycles. The van der Waals surface area contributed by atoms with Crippen molar-refractivity contribution in [2.75, 3.05) is 6.61 Å². The molecule has 0 radical (unpaired) electrons. The molecule has 0 aliphatic rings. The minimum absolute atomic E-state index is 0. The molecule has 0 bridgehead atoms. The second-order valence-corrected chi connectivity index (χ2v) is 2.51. The Morgan fingerprint density at radius 3 is 2.60 bits per heavy atom. The molecule has 1 atom stereocenters. The standard InChI is InChI=1S/C5H11O3P.K.H/c1-2-3-4-5-8-9(6)7;;/h2-5H2,1H3;;/q;+1;-1/p+1. The number of hydrogen-bond acceptors (Lipinski definition) is 2. The van der Waals surface area contributed by atoms with Gasteiger partial charge >= 0.3 is 59.6 Å². The van der Waals surface area contributed by atoms with Crippen LogP contribution < -0.4 is 51.4 Å². The fraction of sp³-hybridized carbons (Fsp3) is 1.00. The van der Waals surface area contributed by atoms with E-state index in [0.717, 1.165) is 19.3 Å². The molecule has 56 valence electrons. The van der Waals surface area contributed by atoms with Gasteiger partial charge in [0.05, 0.1) is 0 Å². The summed E-state index contributed by atoms with van der Waals surface area (Å²) in [5.74, 6) is 0. The molecule has 5 heteroatoms. The van der Waals surface area contributed by atoms with Crippen LogP contribution in [0.1, 0.15) is 27.6 Å². The van der Waals surface area contributed by atoms with Gasteiger partial charge in [0.15, 0.2) is 0 Å². The average Bonchev–Trinajstić information content (AvgIpc) is 1.80. The molecule has 0 amide bonds. The number of unbranched alkanes of at least 4 members (excludes halogenated alkanes) is 2. The van der Waals surface area contributed by atoms with Gasteiger partial charge in [0.2, 0.25) is 0 Å². The van der Waals surface area contributed by atoms with Crippen LogP contribution in [0.3, 0.4) is 0 Å². The van der Waals surface area contributed by atoms with Crippen molar-refractivity contribution in [1.29, 1.82) is 0 Å². The third-order valence-electron chi connectivity index (χ3n) is 0.950. The molecule has 3 nitrogen and oxygen atoms in total. The first-order valence-corrected chi connectivity index (χ1v) is 4.19. The molecule has 0 aliphatic heterocycles. The van der Waals surface area contributed by atoms with E-state index in [9.17, 15) is 4.57 Å². The van der Waals surface area contributed by atoms with Crippen LogP contribution in [-0.4, -0.2) is 11.5 Å². The van der Waals surface area contributed by atoms with Gasteiger partial charge < -0.3 is 1.43 Å². The van der Waals surface area contributed by atoms with Crippen molar-refractivity contribution in [3.05, 3.63) is 0 Å². The zero-order chi connectivity index (χ0) is 7.11. The molecule has 1 unspecified atom stereocenters. The summed E-state index contributed by atoms with van der Waals surface area (Å²) in [5, 5.41) is 0. The van der Waals surface area contributed by atoms with Crippen LogP contribution in [0.25, 0.3) is 0 Å². The minimum atomic E-state index is -2.37. The summed E-state index contributed by atoms with van der Waals surface area (Å²) in [7, 11) is -2.37. The molecule has 0 rings (SSSR count). The van der Waals surface area contributed by atoms with Gasteiger partial charge in [0.1, 0.15) is 6.61 Å². The van der Waals surface area contributed by atoms with Crippen molar-refractivity contribution < 1.29 is 66.8 Å². The van der Waals surface area contributed by atoms with Gasteiger partial charge in [-0.15, -0.1) is 9.42 Å². The molecule has 0 heterocycles. The van der Waals surface area contributed by atoms with Gasteiger partial charge in [-0.05, 0) is 6.42 Å². The van der Waals surface area contributed by atoms with Crippen molar-refractivity contribution in [2.45, 2.75) is 26.2 Å². The smallest absolute Gasteiger partial charge is 1.00 e. The van der Waals surface area contributed by atoms with Crippen molar-refractivity contribution >= 4 is 8.25 Å². The van der Waals surface area contributed by atoms with Crippen molar-refractivity contribution in [1.82, 2.24) is 0 Å². The Bertz CT molecular complexity index is 93.8. The van der Waals surface area contributed by atoms with Gasteiger partial charge in [-0.3, -0.25) is 0 Å². The first-order valence-electron chi connectivity index (χ1n) is 3.06. The van der Waals surface area contributed by atoms with Crippen molar-refractivity contribution in [3.63, 3.8) is 0 Å². The summed E-state index contributed by atoms with van der Waals surface area (Å²) in [6.07, 6.45) is 3.03. The average molecular weight is 191 g/mol. The fourth-order valence-electron chi connectivity index (χ4n) is 0.495. The molecule has 0 aromatic rings. The Morgan fingerprint density at radius 2 is 2.20 bits per heavy atom. The van der Waals surface area contributed by atoms with E-state index in [4.69, 9.17) is 4.89 Å². The summed E-state index contributed by atoms with van der Waals surface area (Å²) >= 11 is 0. The van der Waals surface area contributed by atoms with Gasteiger partial charge in [0.25, 0.3) is 0 Å². The summed E-state index contributed by atoms with van der Waals surface area (Å²) in [5.41, 5.74) is 0. The molecule has 10 heavy (non-hydrogen) atoms. The van der Waals surface area contributed by atoms with Gasteiger partial charge in [0, 0.05) is 4.57 Å². The maximum atomic E-state index is 9.89. The second-order valence-electron chi connectivity index (χ2n) is 1.78. The normalized spacial score (nSPS) is 10.4. The van der Waals surface area contributed by atoms with Gasteiger partial charge in [-0.25, -0.2) is 0 Å². The first-order chi connectivity index (χ1) is 4.27. The predicted molar refractivity (Wildman–Crippen MR) is 36.4 cm³/mol. The van der Waals surface area contributed by atoms with E-state index >= 15 is 0 Å². The zero-order valence-electron chi connectivity index (χ0n) is 7.54. The summed E-state index contributed by atoms with van der Waals surface area (Å²) in [6.45, 7) is 2.47. The van der Waals surface area contributed by atoms with Crippen LogP contribution in [-0.2, 0) is 9.09 Å². The molecule has 1 N–H and O–H groups in total. The summed E-state index contributed by atoms with van der Waals surface area (Å²) < 4.78 is 14.3. The molecule has 0 spiro atoms. The fourth-order valence-corrected chi connectivity index (χ4v) is 0.780. The Balaban J connectivity index is -0.000000320. The van der Waals surface area contributed by atoms with Crippen molar-refractivity contribution in [2.24, 2.45) is 0 Å². The largest absolute Gasteiger partial charge is 1.00 e. The number of rotatable bonds is 5. The van der Waals surface area contributed by atoms with Crippen LogP contribution in [0.2, 0.25) is 0 Å². The van der Waals surface area contributed by atoms with Crippen LogP contribution >= 0.6 is 8.25 Å². The van der Waals surface area contributed by atoms with E-state index in [1.807, 2.05) is 0 Å². The van der Waals surface area contributed by atoms with E-state index in [0.29, 0.717) is 6.61 Å². The van der Waals surface area contributed by atoms with Gasteiger partial charge in [-0.1, -0.05) is 19.8 Å². The molecule has 0 aromatic carbocycles. The predicted octanol–water partition coefficient (Wildman–Crippen LogP) is -1.04. The summed E-state index contributed by atoms with van der Waals surface area (Å²) in [4.78, 5) is 8.14. The molecule has 0 aliphatic carbocycles. The Kier molecular flexibility index (Phi) is 15.1. The van der Waals surface area contributed by atoms with E-state index in [2.05, 4.69) is 11.4 Å². The maximum Gasteiger partial charge on any atom is 1.00 e. The first kappa shape index (κ1) is 14.2. The quantitative estimate of drug-likeness (QED) is 0.343. The second kappa shape index (κ2) is 10.7. The van der Waals surface area contributed by atoms with Crippen LogP contribution in [0.4, 0.5) is 0 Å². The van der Waals surface area contributed by atoms with Gasteiger partial charge in [-0.2, -0.15) is 0 Å². The SMILES string of the molecule is CCCCCO[P+](=O)O.[H-].[K+]. The number of hydrogen-bond donors (Lipinski definition) is 1. The molecule has 0 saturated heterocycles. The Labute approximate surface area is 106 Å². The van der Waals surface area contributed by atoms with E-state index < -0.39 is 8.25 Å². The molecule has 0 fully saturated rings. The third-order valence-corrected chi connectivity index (χ3v) is 1.35.